The lowest BCUT2D eigenvalue weighted by Crippen LogP contribution is -2.53. The largest absolute Gasteiger partial charge is 0.348 e. The molecule has 4 aliphatic rings. The Hall–Kier alpha value is -0.730. The lowest BCUT2D eigenvalue weighted by molar-refractivity contribution is -0.223. The number of ether oxygens (including phenoxy) is 5. The zero-order chi connectivity index (χ0) is 16.4. The number of carbonyl (C=O) groups is 1. The second-order valence-electron chi connectivity index (χ2n) is 7.75. The Morgan fingerprint density at radius 1 is 1.00 bits per heavy atom. The Morgan fingerprint density at radius 2 is 1.74 bits per heavy atom. The first kappa shape index (κ1) is 15.8. The van der Waals surface area contributed by atoms with Gasteiger partial charge in [-0.25, -0.2) is 0 Å². The van der Waals surface area contributed by atoms with Crippen LogP contribution in [-0.2, 0) is 28.5 Å². The first-order chi connectivity index (χ1) is 10.7. The van der Waals surface area contributed by atoms with E-state index in [9.17, 15) is 4.79 Å². The van der Waals surface area contributed by atoms with Gasteiger partial charge in [-0.15, -0.1) is 0 Å². The molecule has 5 atom stereocenters. The normalized spacial score (nSPS) is 44.3. The van der Waals surface area contributed by atoms with E-state index in [1.807, 2.05) is 27.7 Å². The van der Waals surface area contributed by atoms with Crippen molar-refractivity contribution >= 4 is 5.91 Å². The third-order valence-corrected chi connectivity index (χ3v) is 4.74. The fourth-order valence-electron chi connectivity index (χ4n) is 3.52. The minimum absolute atomic E-state index is 0.0655. The van der Waals surface area contributed by atoms with Crippen molar-refractivity contribution in [1.82, 2.24) is 5.32 Å². The molecule has 0 radical (unpaired) electrons. The van der Waals surface area contributed by atoms with Gasteiger partial charge >= 0.3 is 0 Å². The van der Waals surface area contributed by atoms with Gasteiger partial charge in [0, 0.05) is 5.92 Å². The van der Waals surface area contributed by atoms with E-state index in [2.05, 4.69) is 5.32 Å². The van der Waals surface area contributed by atoms with Crippen LogP contribution < -0.4 is 5.32 Å². The van der Waals surface area contributed by atoms with E-state index in [0.29, 0.717) is 6.61 Å². The van der Waals surface area contributed by atoms with Crippen molar-refractivity contribution in [3.8, 4) is 0 Å². The number of hydrogen-bond acceptors (Lipinski definition) is 6. The van der Waals surface area contributed by atoms with Crippen LogP contribution >= 0.6 is 0 Å². The molecule has 4 rings (SSSR count). The summed E-state index contributed by atoms with van der Waals surface area (Å²) in [6.07, 6.45) is 0.492. The first-order valence-corrected chi connectivity index (χ1v) is 8.37. The summed E-state index contributed by atoms with van der Waals surface area (Å²) in [6.45, 7) is 7.87. The van der Waals surface area contributed by atoms with Gasteiger partial charge < -0.3 is 29.0 Å². The average molecular weight is 327 g/mol. The number of rotatable bonds is 3. The van der Waals surface area contributed by atoms with Crippen LogP contribution in [0.1, 0.15) is 40.5 Å². The van der Waals surface area contributed by atoms with E-state index in [1.165, 1.54) is 0 Å². The Balaban J connectivity index is 1.52. The average Bonchev–Trinajstić information content (AvgIpc) is 3.08. The molecular formula is C16H25NO6. The van der Waals surface area contributed by atoms with Crippen molar-refractivity contribution in [2.45, 2.75) is 82.8 Å². The van der Waals surface area contributed by atoms with Crippen molar-refractivity contribution in [1.29, 1.82) is 0 Å². The maximum Gasteiger partial charge on any atom is 0.223 e. The summed E-state index contributed by atoms with van der Waals surface area (Å²) in [7, 11) is 0. The number of carbonyl (C=O) groups excluding carboxylic acids is 1. The zero-order valence-electron chi connectivity index (χ0n) is 14.0. The van der Waals surface area contributed by atoms with Crippen molar-refractivity contribution in [2.24, 2.45) is 5.92 Å². The highest BCUT2D eigenvalue weighted by atomic mass is 16.8. The molecule has 0 spiro atoms. The maximum absolute atomic E-state index is 12.3. The van der Waals surface area contributed by atoms with Crippen LogP contribution in [0, 0.1) is 5.92 Å². The molecule has 0 bridgehead atoms. The molecule has 1 amide bonds. The number of nitrogens with one attached hydrogen (secondary N) is 1. The van der Waals surface area contributed by atoms with E-state index in [0.717, 1.165) is 12.8 Å². The molecule has 7 nitrogen and oxygen atoms in total. The van der Waals surface area contributed by atoms with Gasteiger partial charge in [0.2, 0.25) is 5.91 Å². The molecule has 23 heavy (non-hydrogen) atoms. The van der Waals surface area contributed by atoms with Crippen molar-refractivity contribution in [3.05, 3.63) is 0 Å². The van der Waals surface area contributed by atoms with Gasteiger partial charge in [-0.1, -0.05) is 0 Å². The Morgan fingerprint density at radius 3 is 2.35 bits per heavy atom. The first-order valence-electron chi connectivity index (χ1n) is 8.37. The zero-order valence-corrected chi connectivity index (χ0v) is 14.0. The maximum atomic E-state index is 12.3. The fourth-order valence-corrected chi connectivity index (χ4v) is 3.52. The molecule has 1 aliphatic carbocycles. The molecule has 1 N–H and O–H groups in total. The van der Waals surface area contributed by atoms with E-state index >= 15 is 0 Å². The molecule has 3 saturated heterocycles. The summed E-state index contributed by atoms with van der Waals surface area (Å²) < 4.78 is 29.4. The van der Waals surface area contributed by atoms with Gasteiger partial charge in [0.25, 0.3) is 0 Å². The van der Waals surface area contributed by atoms with Crippen molar-refractivity contribution in [2.75, 3.05) is 6.61 Å². The van der Waals surface area contributed by atoms with E-state index in [4.69, 9.17) is 23.7 Å². The lowest BCUT2D eigenvalue weighted by atomic mass is 10.0. The van der Waals surface area contributed by atoms with Crippen LogP contribution in [0.4, 0.5) is 0 Å². The molecule has 130 valence electrons. The summed E-state index contributed by atoms with van der Waals surface area (Å²) >= 11 is 0. The van der Waals surface area contributed by atoms with E-state index in [1.54, 1.807) is 0 Å². The van der Waals surface area contributed by atoms with Gasteiger partial charge in [0.05, 0.1) is 12.6 Å². The molecule has 4 fully saturated rings. The predicted molar refractivity (Wildman–Crippen MR) is 78.3 cm³/mol. The number of fused-ring (bicyclic) bond motifs is 1. The second kappa shape index (κ2) is 5.13. The molecule has 1 saturated carbocycles. The monoisotopic (exact) mass is 327 g/mol. The van der Waals surface area contributed by atoms with Crippen LogP contribution in [0.25, 0.3) is 0 Å². The Kier molecular flexibility index (Phi) is 3.52. The topological polar surface area (TPSA) is 75.3 Å². The molecular weight excluding hydrogens is 302 g/mol. The third kappa shape index (κ3) is 3.00. The molecule has 0 unspecified atom stereocenters. The quantitative estimate of drug-likeness (QED) is 0.830. The number of hydrogen-bond donors (Lipinski definition) is 1. The van der Waals surface area contributed by atoms with Crippen molar-refractivity contribution < 1.29 is 28.5 Å². The summed E-state index contributed by atoms with van der Waals surface area (Å²) in [6, 6.07) is -0.294. The van der Waals surface area contributed by atoms with E-state index < -0.39 is 17.9 Å². The van der Waals surface area contributed by atoms with Gasteiger partial charge in [-0.05, 0) is 40.5 Å². The minimum atomic E-state index is -0.713. The van der Waals surface area contributed by atoms with Gasteiger partial charge in [0.15, 0.2) is 17.9 Å². The minimum Gasteiger partial charge on any atom is -0.348 e. The predicted octanol–water partition coefficient (Wildman–Crippen LogP) is 0.909. The summed E-state index contributed by atoms with van der Waals surface area (Å²) in [5.41, 5.74) is 0. The summed E-state index contributed by atoms with van der Waals surface area (Å²) in [5.74, 6) is -1.16. The highest BCUT2D eigenvalue weighted by molar-refractivity contribution is 5.81. The van der Waals surface area contributed by atoms with Gasteiger partial charge in [0.1, 0.15) is 18.3 Å². The Bertz CT molecular complexity index is 503. The van der Waals surface area contributed by atoms with Crippen LogP contribution in [0.5, 0.6) is 0 Å². The number of amides is 1. The highest BCUT2D eigenvalue weighted by Gasteiger charge is 2.59. The molecule has 0 aromatic carbocycles. The highest BCUT2D eigenvalue weighted by Crippen LogP contribution is 2.41. The van der Waals surface area contributed by atoms with Crippen LogP contribution in [0.3, 0.4) is 0 Å². The molecule has 7 heteroatoms. The summed E-state index contributed by atoms with van der Waals surface area (Å²) in [5, 5.41) is 3.10. The van der Waals surface area contributed by atoms with Crippen LogP contribution in [0.2, 0.25) is 0 Å². The third-order valence-electron chi connectivity index (χ3n) is 4.74. The second-order valence-corrected chi connectivity index (χ2v) is 7.75. The molecule has 3 heterocycles. The van der Waals surface area contributed by atoms with Gasteiger partial charge in [-0.3, -0.25) is 4.79 Å². The lowest BCUT2D eigenvalue weighted by Gasteiger charge is -2.29. The SMILES string of the molecule is CC1(C)O[C@H]2O[C@H]([C@H]3COC(C)(C)O3)[C@@H](NC(=O)C3CC3)[C@H]2O1. The Labute approximate surface area is 135 Å². The van der Waals surface area contributed by atoms with E-state index in [-0.39, 0.29) is 36.2 Å². The van der Waals surface area contributed by atoms with Crippen LogP contribution in [-0.4, -0.2) is 54.7 Å². The smallest absolute Gasteiger partial charge is 0.223 e. The van der Waals surface area contributed by atoms with Crippen molar-refractivity contribution in [3.63, 3.8) is 0 Å². The molecule has 3 aliphatic heterocycles. The summed E-state index contributed by atoms with van der Waals surface area (Å²) in [4.78, 5) is 12.3. The molecule has 0 aromatic rings. The standard InChI is InChI=1S/C16H25NO6/c1-15(2)19-7-9(21-15)11-10(17-13(18)8-5-6-8)12-14(20-11)23-16(3,4)22-12/h8-12,14H,5-7H2,1-4H3,(H,17,18)/t9-,10-,11-,12-,14-/m1/s1. The van der Waals surface area contributed by atoms with Crippen LogP contribution in [0.15, 0.2) is 0 Å². The fraction of sp³-hybridized carbons (Fsp3) is 0.938. The molecule has 0 aromatic heterocycles. The van der Waals surface area contributed by atoms with Gasteiger partial charge in [-0.2, -0.15) is 0 Å².